The topological polar surface area (TPSA) is 62.9 Å². The molecule has 0 bridgehead atoms. The molecule has 142 valence electrons. The van der Waals surface area contributed by atoms with Crippen molar-refractivity contribution in [2.45, 2.75) is 12.6 Å². The fraction of sp³-hybridized carbons (Fsp3) is 0.136. The molecule has 4 rings (SSSR count). The molecule has 2 heterocycles. The zero-order valence-corrected chi connectivity index (χ0v) is 15.9. The van der Waals surface area contributed by atoms with E-state index in [1.165, 1.54) is 0 Å². The second-order valence-electron chi connectivity index (χ2n) is 6.46. The molecule has 3 aromatic rings. The summed E-state index contributed by atoms with van der Waals surface area (Å²) in [6.07, 6.45) is 1.56. The quantitative estimate of drug-likeness (QED) is 0.660. The van der Waals surface area contributed by atoms with Gasteiger partial charge in [-0.25, -0.2) is 0 Å². The molecule has 6 heteroatoms. The first-order valence-corrected chi connectivity index (χ1v) is 9.12. The maximum absolute atomic E-state index is 12.9. The van der Waals surface area contributed by atoms with Gasteiger partial charge in [0, 0.05) is 10.6 Å². The number of halogens is 1. The van der Waals surface area contributed by atoms with E-state index in [0.29, 0.717) is 22.1 Å². The minimum Gasteiger partial charge on any atom is -0.503 e. The average molecular weight is 396 g/mol. The van der Waals surface area contributed by atoms with Gasteiger partial charge in [0.1, 0.15) is 11.5 Å². The van der Waals surface area contributed by atoms with Crippen LogP contribution in [-0.4, -0.2) is 23.0 Å². The van der Waals surface area contributed by atoms with Crippen molar-refractivity contribution in [3.63, 3.8) is 0 Å². The first-order chi connectivity index (χ1) is 13.6. The lowest BCUT2D eigenvalue weighted by atomic mass is 9.93. The van der Waals surface area contributed by atoms with Gasteiger partial charge in [-0.15, -0.1) is 0 Å². The number of amides is 1. The normalized spacial score (nSPS) is 16.7. The first kappa shape index (κ1) is 18.2. The van der Waals surface area contributed by atoms with Gasteiger partial charge in [-0.3, -0.25) is 4.79 Å². The SMILES string of the molecule is COc1ccc(C2=C(O)C(=O)N(Cc3ccco3)[C@H]2c2ccc(Cl)cc2)cc1. The Labute approximate surface area is 167 Å². The van der Waals surface area contributed by atoms with Gasteiger partial charge in [0.05, 0.1) is 26.0 Å². The Bertz CT molecular complexity index is 1010. The highest BCUT2D eigenvalue weighted by Crippen LogP contribution is 2.44. The van der Waals surface area contributed by atoms with E-state index in [0.717, 1.165) is 11.1 Å². The molecule has 0 fully saturated rings. The Morgan fingerprint density at radius 2 is 1.82 bits per heavy atom. The third kappa shape index (κ3) is 3.25. The maximum atomic E-state index is 12.9. The molecular weight excluding hydrogens is 378 g/mol. The molecule has 5 nitrogen and oxygen atoms in total. The van der Waals surface area contributed by atoms with Crippen molar-refractivity contribution < 1.29 is 19.1 Å². The number of carbonyl (C=O) groups is 1. The molecule has 0 saturated heterocycles. The van der Waals surface area contributed by atoms with Crippen LogP contribution in [0.2, 0.25) is 5.02 Å². The summed E-state index contributed by atoms with van der Waals surface area (Å²) >= 11 is 6.04. The number of hydrogen-bond acceptors (Lipinski definition) is 4. The zero-order valence-electron chi connectivity index (χ0n) is 15.1. The number of hydrogen-bond donors (Lipinski definition) is 1. The molecule has 1 amide bonds. The summed E-state index contributed by atoms with van der Waals surface area (Å²) in [5, 5.41) is 11.3. The number of aliphatic hydroxyl groups excluding tert-OH is 1. The second-order valence-corrected chi connectivity index (χ2v) is 6.89. The van der Waals surface area contributed by atoms with Crippen molar-refractivity contribution in [1.29, 1.82) is 0 Å². The molecule has 0 aliphatic carbocycles. The van der Waals surface area contributed by atoms with E-state index in [1.54, 1.807) is 54.7 Å². The summed E-state index contributed by atoms with van der Waals surface area (Å²) < 4.78 is 10.6. The van der Waals surface area contributed by atoms with E-state index in [4.69, 9.17) is 20.8 Å². The second kappa shape index (κ2) is 7.44. The highest BCUT2D eigenvalue weighted by Gasteiger charge is 2.41. The largest absolute Gasteiger partial charge is 0.503 e. The van der Waals surface area contributed by atoms with Crippen LogP contribution < -0.4 is 4.74 Å². The summed E-state index contributed by atoms with van der Waals surface area (Å²) in [6, 6.07) is 17.6. The first-order valence-electron chi connectivity index (χ1n) is 8.75. The molecule has 0 radical (unpaired) electrons. The molecule has 1 atom stereocenters. The zero-order chi connectivity index (χ0) is 19.7. The number of nitrogens with zero attached hydrogens (tertiary/aromatic N) is 1. The summed E-state index contributed by atoms with van der Waals surface area (Å²) in [4.78, 5) is 14.5. The summed E-state index contributed by atoms with van der Waals surface area (Å²) in [6.45, 7) is 0.239. The monoisotopic (exact) mass is 395 g/mol. The molecular formula is C22H18ClNO4. The molecule has 0 unspecified atom stereocenters. The van der Waals surface area contributed by atoms with Crippen LogP contribution in [0.15, 0.2) is 77.1 Å². The lowest BCUT2D eigenvalue weighted by Crippen LogP contribution is -2.29. The summed E-state index contributed by atoms with van der Waals surface area (Å²) in [7, 11) is 1.59. The molecule has 1 aliphatic heterocycles. The number of rotatable bonds is 5. The lowest BCUT2D eigenvalue weighted by Gasteiger charge is -2.26. The summed E-state index contributed by atoms with van der Waals surface area (Å²) in [5.74, 6) is 0.624. The molecule has 1 aliphatic rings. The smallest absolute Gasteiger partial charge is 0.290 e. The van der Waals surface area contributed by atoms with Crippen LogP contribution in [0.25, 0.3) is 5.57 Å². The highest BCUT2D eigenvalue weighted by molar-refractivity contribution is 6.30. The number of aliphatic hydroxyl groups is 1. The van der Waals surface area contributed by atoms with Crippen molar-refractivity contribution in [2.24, 2.45) is 0 Å². The van der Waals surface area contributed by atoms with E-state index in [9.17, 15) is 9.90 Å². The predicted molar refractivity (Wildman–Crippen MR) is 106 cm³/mol. The Balaban J connectivity index is 1.80. The van der Waals surface area contributed by atoms with Crippen molar-refractivity contribution in [3.8, 4) is 5.75 Å². The Morgan fingerprint density at radius 1 is 1.11 bits per heavy atom. The third-order valence-electron chi connectivity index (χ3n) is 4.80. The van der Waals surface area contributed by atoms with Gasteiger partial charge >= 0.3 is 0 Å². The van der Waals surface area contributed by atoms with Crippen molar-refractivity contribution in [3.05, 3.63) is 94.6 Å². The van der Waals surface area contributed by atoms with Gasteiger partial charge in [-0.05, 0) is 47.5 Å². The minimum absolute atomic E-state index is 0.239. The number of benzene rings is 2. The van der Waals surface area contributed by atoms with Crippen LogP contribution in [0.5, 0.6) is 5.75 Å². The van der Waals surface area contributed by atoms with Crippen LogP contribution in [0.4, 0.5) is 0 Å². The highest BCUT2D eigenvalue weighted by atomic mass is 35.5. The number of ether oxygens (including phenoxy) is 1. The standard InChI is InChI=1S/C22H18ClNO4/c1-27-17-10-6-14(7-11-17)19-20(15-4-8-16(23)9-5-15)24(22(26)21(19)25)13-18-3-2-12-28-18/h2-12,20,25H,13H2,1H3/t20-/m0/s1. The summed E-state index contributed by atoms with van der Waals surface area (Å²) in [5.41, 5.74) is 2.13. The van der Waals surface area contributed by atoms with E-state index in [1.807, 2.05) is 24.3 Å². The van der Waals surface area contributed by atoms with E-state index in [-0.39, 0.29) is 12.3 Å². The number of carbonyl (C=O) groups excluding carboxylic acids is 1. The average Bonchev–Trinajstić information content (AvgIpc) is 3.31. The van der Waals surface area contributed by atoms with Crippen LogP contribution in [0.1, 0.15) is 22.9 Å². The Hall–Kier alpha value is -3.18. The maximum Gasteiger partial charge on any atom is 0.290 e. The van der Waals surface area contributed by atoms with Gasteiger partial charge in [-0.1, -0.05) is 35.9 Å². The fourth-order valence-corrected chi connectivity index (χ4v) is 3.57. The van der Waals surface area contributed by atoms with Crippen molar-refractivity contribution in [1.82, 2.24) is 4.90 Å². The number of furan rings is 1. The third-order valence-corrected chi connectivity index (χ3v) is 5.05. The molecule has 28 heavy (non-hydrogen) atoms. The van der Waals surface area contributed by atoms with Gasteiger partial charge < -0.3 is 19.2 Å². The van der Waals surface area contributed by atoms with Gasteiger partial charge in [0.15, 0.2) is 5.76 Å². The van der Waals surface area contributed by atoms with E-state index in [2.05, 4.69) is 0 Å². The van der Waals surface area contributed by atoms with Crippen molar-refractivity contribution >= 4 is 23.1 Å². The molecule has 1 aromatic heterocycles. The molecule has 1 N–H and O–H groups in total. The van der Waals surface area contributed by atoms with Crippen LogP contribution in [0.3, 0.4) is 0 Å². The van der Waals surface area contributed by atoms with Crippen LogP contribution in [0, 0.1) is 0 Å². The molecule has 0 spiro atoms. The van der Waals surface area contributed by atoms with E-state index >= 15 is 0 Å². The van der Waals surface area contributed by atoms with Gasteiger partial charge in [-0.2, -0.15) is 0 Å². The van der Waals surface area contributed by atoms with Gasteiger partial charge in [0.2, 0.25) is 0 Å². The molecule has 2 aromatic carbocycles. The predicted octanol–water partition coefficient (Wildman–Crippen LogP) is 4.99. The molecule has 0 saturated carbocycles. The van der Waals surface area contributed by atoms with Crippen LogP contribution >= 0.6 is 11.6 Å². The van der Waals surface area contributed by atoms with E-state index < -0.39 is 11.9 Å². The minimum atomic E-state index is -0.469. The lowest BCUT2D eigenvalue weighted by molar-refractivity contribution is -0.130. The number of methoxy groups -OCH3 is 1. The van der Waals surface area contributed by atoms with Crippen molar-refractivity contribution in [2.75, 3.05) is 7.11 Å². The van der Waals surface area contributed by atoms with Crippen LogP contribution in [-0.2, 0) is 11.3 Å². The Morgan fingerprint density at radius 3 is 2.43 bits per heavy atom. The Kier molecular flexibility index (Phi) is 4.84. The van der Waals surface area contributed by atoms with Gasteiger partial charge in [0.25, 0.3) is 5.91 Å². The fourth-order valence-electron chi connectivity index (χ4n) is 3.44.